The molecule has 0 saturated heterocycles. The zero-order valence-corrected chi connectivity index (χ0v) is 14.5. The fourth-order valence-corrected chi connectivity index (χ4v) is 2.26. The highest BCUT2D eigenvalue weighted by molar-refractivity contribution is 6.34. The average molecular weight is 334 g/mol. The monoisotopic (exact) mass is 333 g/mol. The van der Waals surface area contributed by atoms with Gasteiger partial charge in [0.1, 0.15) is 11.6 Å². The van der Waals surface area contributed by atoms with Crippen LogP contribution in [0.15, 0.2) is 30.5 Å². The highest BCUT2D eigenvalue weighted by Crippen LogP contribution is 2.29. The first-order chi connectivity index (χ1) is 11.0. The molecule has 2 rings (SSSR count). The molecule has 1 amide bonds. The Morgan fingerprint density at radius 2 is 2.04 bits per heavy atom. The Hall–Kier alpha value is -2.14. The van der Waals surface area contributed by atoms with E-state index < -0.39 is 0 Å². The molecular formula is C17H20ClN3O2. The fraction of sp³-hybridized carbons (Fsp3) is 0.353. The molecule has 0 unspecified atom stereocenters. The van der Waals surface area contributed by atoms with Crippen molar-refractivity contribution in [1.29, 1.82) is 0 Å². The van der Waals surface area contributed by atoms with Crippen LogP contribution in [0.3, 0.4) is 0 Å². The van der Waals surface area contributed by atoms with Gasteiger partial charge in [0.2, 0.25) is 0 Å². The summed E-state index contributed by atoms with van der Waals surface area (Å²) in [5.74, 6) is 1.04. The summed E-state index contributed by atoms with van der Waals surface area (Å²) >= 11 is 6.12. The van der Waals surface area contributed by atoms with Crippen molar-refractivity contribution in [1.82, 2.24) is 9.97 Å². The molecule has 2 aromatic rings. The highest BCUT2D eigenvalue weighted by atomic mass is 35.5. The van der Waals surface area contributed by atoms with Gasteiger partial charge in [0, 0.05) is 13.0 Å². The summed E-state index contributed by atoms with van der Waals surface area (Å²) in [6.07, 6.45) is 1.47. The van der Waals surface area contributed by atoms with Crippen LogP contribution < -0.4 is 9.64 Å². The number of hydrogen-bond donors (Lipinski definition) is 0. The second-order valence-corrected chi connectivity index (χ2v) is 5.75. The summed E-state index contributed by atoms with van der Waals surface area (Å²) in [5.41, 5.74) is 0.860. The molecule has 23 heavy (non-hydrogen) atoms. The Kier molecular flexibility index (Phi) is 5.55. The van der Waals surface area contributed by atoms with Gasteiger partial charge in [-0.2, -0.15) is 0 Å². The SMILES string of the molecule is CCOc1ccccc1N(C)C(=O)c1nc(C(C)C)ncc1Cl. The van der Waals surface area contributed by atoms with E-state index in [4.69, 9.17) is 16.3 Å². The van der Waals surface area contributed by atoms with Crippen molar-refractivity contribution < 1.29 is 9.53 Å². The Morgan fingerprint density at radius 1 is 1.35 bits per heavy atom. The minimum atomic E-state index is -0.300. The third-order valence-electron chi connectivity index (χ3n) is 3.31. The lowest BCUT2D eigenvalue weighted by Gasteiger charge is -2.20. The van der Waals surface area contributed by atoms with E-state index in [1.165, 1.54) is 11.1 Å². The molecule has 0 radical (unpaired) electrons. The van der Waals surface area contributed by atoms with Gasteiger partial charge in [-0.25, -0.2) is 9.97 Å². The second-order valence-electron chi connectivity index (χ2n) is 5.34. The van der Waals surface area contributed by atoms with E-state index in [-0.39, 0.29) is 22.5 Å². The molecule has 0 N–H and O–H groups in total. The van der Waals surface area contributed by atoms with Crippen LogP contribution in [0.2, 0.25) is 5.02 Å². The summed E-state index contributed by atoms with van der Waals surface area (Å²) in [6, 6.07) is 7.36. The number of halogens is 1. The summed E-state index contributed by atoms with van der Waals surface area (Å²) in [5, 5.41) is 0.236. The summed E-state index contributed by atoms with van der Waals surface area (Å²) < 4.78 is 5.58. The van der Waals surface area contributed by atoms with E-state index in [0.717, 1.165) is 0 Å². The quantitative estimate of drug-likeness (QED) is 0.832. The number of nitrogens with zero attached hydrogens (tertiary/aromatic N) is 3. The van der Waals surface area contributed by atoms with Gasteiger partial charge in [0.05, 0.1) is 23.5 Å². The van der Waals surface area contributed by atoms with Crippen molar-refractivity contribution in [3.8, 4) is 5.75 Å². The fourth-order valence-electron chi connectivity index (χ4n) is 2.09. The van der Waals surface area contributed by atoms with Gasteiger partial charge >= 0.3 is 0 Å². The van der Waals surface area contributed by atoms with Crippen LogP contribution in [-0.2, 0) is 0 Å². The molecule has 0 aliphatic rings. The van der Waals surface area contributed by atoms with Crippen molar-refractivity contribution in [2.45, 2.75) is 26.7 Å². The minimum absolute atomic E-state index is 0.111. The topological polar surface area (TPSA) is 55.3 Å². The molecule has 0 aliphatic heterocycles. The molecule has 0 fully saturated rings. The van der Waals surface area contributed by atoms with E-state index in [1.807, 2.05) is 45.0 Å². The lowest BCUT2D eigenvalue weighted by Crippen LogP contribution is -2.28. The number of hydrogen-bond acceptors (Lipinski definition) is 4. The van der Waals surface area contributed by atoms with Gasteiger partial charge in [0.25, 0.3) is 5.91 Å². The van der Waals surface area contributed by atoms with E-state index in [0.29, 0.717) is 23.9 Å². The smallest absolute Gasteiger partial charge is 0.278 e. The predicted molar refractivity (Wildman–Crippen MR) is 91.5 cm³/mol. The van der Waals surface area contributed by atoms with Gasteiger partial charge in [-0.3, -0.25) is 4.79 Å². The van der Waals surface area contributed by atoms with Crippen LogP contribution in [0.25, 0.3) is 0 Å². The van der Waals surface area contributed by atoms with Gasteiger partial charge in [0.15, 0.2) is 5.69 Å². The largest absolute Gasteiger partial charge is 0.492 e. The molecular weight excluding hydrogens is 314 g/mol. The number of carbonyl (C=O) groups excluding carboxylic acids is 1. The molecule has 5 nitrogen and oxygen atoms in total. The van der Waals surface area contributed by atoms with Crippen molar-refractivity contribution in [2.75, 3.05) is 18.6 Å². The summed E-state index contributed by atoms with van der Waals surface area (Å²) in [6.45, 7) is 6.34. The van der Waals surface area contributed by atoms with E-state index >= 15 is 0 Å². The zero-order valence-electron chi connectivity index (χ0n) is 13.7. The Balaban J connectivity index is 2.39. The van der Waals surface area contributed by atoms with E-state index in [9.17, 15) is 4.79 Å². The van der Waals surface area contributed by atoms with Crippen molar-refractivity contribution in [3.63, 3.8) is 0 Å². The molecule has 1 aromatic heterocycles. The summed E-state index contributed by atoms with van der Waals surface area (Å²) in [7, 11) is 1.67. The van der Waals surface area contributed by atoms with Gasteiger partial charge < -0.3 is 9.64 Å². The van der Waals surface area contributed by atoms with Gasteiger partial charge in [-0.05, 0) is 19.1 Å². The maximum absolute atomic E-state index is 12.8. The maximum atomic E-state index is 12.8. The zero-order chi connectivity index (χ0) is 17.0. The first-order valence-corrected chi connectivity index (χ1v) is 7.85. The lowest BCUT2D eigenvalue weighted by molar-refractivity contribution is 0.0987. The molecule has 1 heterocycles. The molecule has 0 bridgehead atoms. The minimum Gasteiger partial charge on any atom is -0.492 e. The van der Waals surface area contributed by atoms with E-state index in [2.05, 4.69) is 9.97 Å². The number of carbonyl (C=O) groups is 1. The number of aromatic nitrogens is 2. The molecule has 122 valence electrons. The van der Waals surface area contributed by atoms with E-state index in [1.54, 1.807) is 7.05 Å². The number of benzene rings is 1. The van der Waals surface area contributed by atoms with Crippen molar-refractivity contribution in [2.24, 2.45) is 0 Å². The molecule has 0 atom stereocenters. The predicted octanol–water partition coefficient (Wildman–Crippen LogP) is 3.93. The van der Waals surface area contributed by atoms with Crippen molar-refractivity contribution >= 4 is 23.2 Å². The molecule has 1 aromatic carbocycles. The lowest BCUT2D eigenvalue weighted by atomic mass is 10.2. The Bertz CT molecular complexity index is 704. The highest BCUT2D eigenvalue weighted by Gasteiger charge is 2.22. The van der Waals surface area contributed by atoms with Crippen LogP contribution in [-0.4, -0.2) is 29.5 Å². The number of amides is 1. The van der Waals surface area contributed by atoms with Crippen LogP contribution in [0, 0.1) is 0 Å². The summed E-state index contributed by atoms with van der Waals surface area (Å²) in [4.78, 5) is 22.8. The molecule has 0 saturated carbocycles. The van der Waals surface area contributed by atoms with Gasteiger partial charge in [-0.15, -0.1) is 0 Å². The van der Waals surface area contributed by atoms with Gasteiger partial charge in [-0.1, -0.05) is 37.6 Å². The molecule has 6 heteroatoms. The Labute approximate surface area is 141 Å². The third-order valence-corrected chi connectivity index (χ3v) is 3.59. The van der Waals surface area contributed by atoms with Crippen LogP contribution in [0.5, 0.6) is 5.75 Å². The third kappa shape index (κ3) is 3.79. The first-order valence-electron chi connectivity index (χ1n) is 7.48. The number of rotatable bonds is 5. The average Bonchev–Trinajstić information content (AvgIpc) is 2.54. The standard InChI is InChI=1S/C17H20ClN3O2/c1-5-23-14-9-7-6-8-13(14)21(4)17(22)15-12(18)10-19-16(20-15)11(2)3/h6-11H,5H2,1-4H3. The van der Waals surface area contributed by atoms with Crippen LogP contribution in [0.4, 0.5) is 5.69 Å². The van der Waals surface area contributed by atoms with Crippen molar-refractivity contribution in [3.05, 3.63) is 47.0 Å². The van der Waals surface area contributed by atoms with Crippen LogP contribution >= 0.6 is 11.6 Å². The second kappa shape index (κ2) is 7.42. The number of para-hydroxylation sites is 2. The van der Waals surface area contributed by atoms with Crippen LogP contribution in [0.1, 0.15) is 43.0 Å². The molecule has 0 aliphatic carbocycles. The Morgan fingerprint density at radius 3 is 2.70 bits per heavy atom. The first kappa shape index (κ1) is 17.2. The normalized spacial score (nSPS) is 10.7. The maximum Gasteiger partial charge on any atom is 0.278 e. The number of ether oxygens (including phenoxy) is 1. The number of anilines is 1. The molecule has 0 spiro atoms.